The van der Waals surface area contributed by atoms with Crippen molar-refractivity contribution in [2.45, 2.75) is 43.9 Å². The van der Waals surface area contributed by atoms with E-state index in [0.29, 0.717) is 50.6 Å². The number of rotatable bonds is 1. The summed E-state index contributed by atoms with van der Waals surface area (Å²) in [5.41, 5.74) is -1.43. The lowest BCUT2D eigenvalue weighted by Crippen LogP contribution is -2.56. The third kappa shape index (κ3) is 1.77. The summed E-state index contributed by atoms with van der Waals surface area (Å²) in [6, 6.07) is 0. The molecule has 0 amide bonds. The van der Waals surface area contributed by atoms with Crippen molar-refractivity contribution in [1.82, 2.24) is 4.90 Å². The van der Waals surface area contributed by atoms with Gasteiger partial charge in [-0.25, -0.2) is 4.90 Å². The molecule has 1 aliphatic carbocycles. The van der Waals surface area contributed by atoms with Gasteiger partial charge in [0, 0.05) is 26.4 Å². The quantitative estimate of drug-likeness (QED) is 0.309. The molecule has 0 aromatic heterocycles. The van der Waals surface area contributed by atoms with Gasteiger partial charge in [-0.05, 0) is 12.8 Å². The normalized spacial score (nSPS) is 41.2. The molecule has 0 aromatic rings. The Morgan fingerprint density at radius 3 is 2.70 bits per heavy atom. The van der Waals surface area contributed by atoms with Gasteiger partial charge >= 0.3 is 0 Å². The van der Waals surface area contributed by atoms with Crippen molar-refractivity contribution in [2.24, 2.45) is 5.16 Å². The van der Waals surface area contributed by atoms with Crippen molar-refractivity contribution in [3.8, 4) is 0 Å². The van der Waals surface area contributed by atoms with Crippen LogP contribution in [0.1, 0.15) is 32.6 Å². The fourth-order valence-electron chi connectivity index (χ4n) is 3.74. The number of oxime groups is 1. The Morgan fingerprint density at radius 1 is 1.35 bits per heavy atom. The smallest absolute Gasteiger partial charge is 0.230 e. The average molecular weight is 283 g/mol. The second-order valence-corrected chi connectivity index (χ2v) is 5.99. The molecule has 20 heavy (non-hydrogen) atoms. The molecule has 3 aliphatic rings. The molecule has 0 aromatic carbocycles. The van der Waals surface area contributed by atoms with Crippen molar-refractivity contribution >= 4 is 11.4 Å². The third-order valence-electron chi connectivity index (χ3n) is 4.87. The van der Waals surface area contributed by atoms with E-state index in [4.69, 9.17) is 9.94 Å². The van der Waals surface area contributed by atoms with Crippen LogP contribution in [0.2, 0.25) is 0 Å². The molecular formula is C13H21N3O4. The van der Waals surface area contributed by atoms with Gasteiger partial charge in [0.2, 0.25) is 11.4 Å². The van der Waals surface area contributed by atoms with Crippen LogP contribution in [0.5, 0.6) is 0 Å². The van der Waals surface area contributed by atoms with Gasteiger partial charge in [0.25, 0.3) is 0 Å². The maximum Gasteiger partial charge on any atom is 0.230 e. The monoisotopic (exact) mass is 283 g/mol. The van der Waals surface area contributed by atoms with E-state index in [1.165, 1.54) is 0 Å². The molecular weight excluding hydrogens is 262 g/mol. The van der Waals surface area contributed by atoms with Crippen LogP contribution in [0, 0.1) is 5.21 Å². The summed E-state index contributed by atoms with van der Waals surface area (Å²) in [4.78, 5) is 2.06. The molecule has 0 bridgehead atoms. The molecule has 1 saturated carbocycles. The van der Waals surface area contributed by atoms with E-state index in [1.54, 1.807) is 0 Å². The number of ether oxygens (including phenoxy) is 1. The van der Waals surface area contributed by atoms with E-state index < -0.39 is 11.3 Å². The molecule has 2 heterocycles. The topological polar surface area (TPSA) is 91.4 Å². The van der Waals surface area contributed by atoms with Gasteiger partial charge in [0.1, 0.15) is 0 Å². The highest BCUT2D eigenvalue weighted by Crippen LogP contribution is 2.40. The van der Waals surface area contributed by atoms with Crippen LogP contribution >= 0.6 is 0 Å². The van der Waals surface area contributed by atoms with E-state index in [2.05, 4.69) is 10.1 Å². The third-order valence-corrected chi connectivity index (χ3v) is 4.87. The van der Waals surface area contributed by atoms with E-state index in [0.717, 1.165) is 11.2 Å². The summed E-state index contributed by atoms with van der Waals surface area (Å²) < 4.78 is 6.28. The molecule has 3 rings (SSSR count). The van der Waals surface area contributed by atoms with Crippen LogP contribution in [-0.2, 0) is 4.74 Å². The Kier molecular flexibility index (Phi) is 3.23. The molecule has 7 heteroatoms. The van der Waals surface area contributed by atoms with Crippen LogP contribution in [-0.4, -0.2) is 68.9 Å². The molecule has 0 spiro atoms. The van der Waals surface area contributed by atoms with Gasteiger partial charge in [-0.1, -0.05) is 5.16 Å². The molecule has 1 saturated heterocycles. The van der Waals surface area contributed by atoms with Gasteiger partial charge in [-0.2, -0.15) is 4.74 Å². The SMILES string of the molecule is C[C@@]1(N2CCOCC2)C[C@@]2(O)C(=[N+]1[O-])CCC/C2=N/O. The van der Waals surface area contributed by atoms with Crippen LogP contribution in [0.25, 0.3) is 0 Å². The highest BCUT2D eigenvalue weighted by molar-refractivity contribution is 6.15. The lowest BCUT2D eigenvalue weighted by molar-refractivity contribution is -0.572. The standard InChI is InChI=1S/C13H21N3O4/c1-12(15-5-7-20-8-6-15)9-13(17)10(14-18)3-2-4-11(13)16(12)19/h17-18H,2-9H2,1H3/b14-10-/t12-,13-/m0/s1. The van der Waals surface area contributed by atoms with Crippen molar-refractivity contribution in [3.05, 3.63) is 5.21 Å². The first kappa shape index (κ1) is 13.8. The first-order valence-corrected chi connectivity index (χ1v) is 7.12. The van der Waals surface area contributed by atoms with E-state index in [9.17, 15) is 10.3 Å². The van der Waals surface area contributed by atoms with E-state index >= 15 is 0 Å². The average Bonchev–Trinajstić information content (AvgIpc) is 2.68. The summed E-state index contributed by atoms with van der Waals surface area (Å²) in [6.45, 7) is 4.38. The predicted octanol–water partition coefficient (Wildman–Crippen LogP) is 0.135. The Bertz CT molecular complexity index is 472. The Labute approximate surface area is 117 Å². The fraction of sp³-hybridized carbons (Fsp3) is 0.846. The molecule has 2 N–H and O–H groups in total. The van der Waals surface area contributed by atoms with Crippen molar-refractivity contribution < 1.29 is 19.8 Å². The summed E-state index contributed by atoms with van der Waals surface area (Å²) in [5.74, 6) is 0. The molecule has 0 radical (unpaired) electrons. The van der Waals surface area contributed by atoms with Crippen molar-refractivity contribution in [1.29, 1.82) is 0 Å². The number of fused-ring (bicyclic) bond motifs is 1. The molecule has 2 fully saturated rings. The second-order valence-electron chi connectivity index (χ2n) is 5.99. The Hall–Kier alpha value is -1.18. The number of hydrogen-bond acceptors (Lipinski definition) is 6. The second kappa shape index (κ2) is 4.68. The van der Waals surface area contributed by atoms with Crippen LogP contribution in [0.3, 0.4) is 0 Å². The lowest BCUT2D eigenvalue weighted by Gasteiger charge is -2.38. The molecule has 2 atom stereocenters. The summed E-state index contributed by atoms with van der Waals surface area (Å²) in [7, 11) is 0. The summed E-state index contributed by atoms with van der Waals surface area (Å²) >= 11 is 0. The minimum atomic E-state index is -1.39. The summed E-state index contributed by atoms with van der Waals surface area (Å²) in [6.07, 6.45) is 2.07. The molecule has 0 unspecified atom stereocenters. The van der Waals surface area contributed by atoms with Crippen LogP contribution < -0.4 is 0 Å². The number of aliphatic hydroxyl groups is 1. The number of hydrogen-bond donors (Lipinski definition) is 2. The Morgan fingerprint density at radius 2 is 2.05 bits per heavy atom. The molecule has 7 nitrogen and oxygen atoms in total. The maximum atomic E-state index is 12.7. The van der Waals surface area contributed by atoms with Crippen molar-refractivity contribution in [3.63, 3.8) is 0 Å². The van der Waals surface area contributed by atoms with Crippen LogP contribution in [0.4, 0.5) is 0 Å². The molecule has 112 valence electrons. The predicted molar refractivity (Wildman–Crippen MR) is 72.1 cm³/mol. The van der Waals surface area contributed by atoms with Gasteiger partial charge in [-0.3, -0.25) is 0 Å². The van der Waals surface area contributed by atoms with Crippen molar-refractivity contribution in [2.75, 3.05) is 26.3 Å². The highest BCUT2D eigenvalue weighted by atomic mass is 16.5. The largest absolute Gasteiger partial charge is 0.622 e. The summed E-state index contributed by atoms with van der Waals surface area (Å²) in [5, 5.41) is 36.0. The minimum absolute atomic E-state index is 0.248. The van der Waals surface area contributed by atoms with Crippen LogP contribution in [0.15, 0.2) is 5.16 Å². The van der Waals surface area contributed by atoms with E-state index in [1.807, 2.05) is 6.92 Å². The lowest BCUT2D eigenvalue weighted by atomic mass is 9.78. The number of morpholine rings is 1. The zero-order valence-electron chi connectivity index (χ0n) is 11.7. The van der Waals surface area contributed by atoms with Gasteiger partial charge in [0.05, 0.1) is 25.3 Å². The fourth-order valence-corrected chi connectivity index (χ4v) is 3.74. The van der Waals surface area contributed by atoms with Gasteiger partial charge in [0.15, 0.2) is 5.60 Å². The zero-order valence-corrected chi connectivity index (χ0v) is 11.7. The first-order chi connectivity index (χ1) is 9.52. The van der Waals surface area contributed by atoms with E-state index in [-0.39, 0.29) is 6.42 Å². The molecule has 2 aliphatic heterocycles. The maximum absolute atomic E-state index is 12.7. The van der Waals surface area contributed by atoms with Gasteiger partial charge in [-0.15, -0.1) is 0 Å². The zero-order chi connectivity index (χ0) is 14.4. The minimum Gasteiger partial charge on any atom is -0.622 e. The first-order valence-electron chi connectivity index (χ1n) is 7.12. The van der Waals surface area contributed by atoms with Gasteiger partial charge < -0.3 is 20.3 Å². The number of nitrogens with zero attached hydrogens (tertiary/aromatic N) is 3. The Balaban J connectivity index is 1.98. The number of hydroxylamine groups is 1. The highest BCUT2D eigenvalue weighted by Gasteiger charge is 2.62.